The first-order chi connectivity index (χ1) is 5.86. The molecule has 12 heavy (non-hydrogen) atoms. The van der Waals surface area contributed by atoms with Gasteiger partial charge in [-0.1, -0.05) is 29.8 Å². The molecule has 1 aromatic heterocycles. The van der Waals surface area contributed by atoms with E-state index in [0.29, 0.717) is 0 Å². The SMILES string of the molecule is Cc1ccc(-c2cs[c]n2)cc1. The highest BCUT2D eigenvalue weighted by Crippen LogP contribution is 2.18. The van der Waals surface area contributed by atoms with Crippen LogP contribution in [0.1, 0.15) is 5.56 Å². The number of benzene rings is 1. The van der Waals surface area contributed by atoms with Crippen LogP contribution in [-0.4, -0.2) is 4.98 Å². The first kappa shape index (κ1) is 7.50. The molecule has 0 saturated carbocycles. The molecule has 59 valence electrons. The van der Waals surface area contributed by atoms with E-state index in [1.807, 2.05) is 5.38 Å². The topological polar surface area (TPSA) is 12.9 Å². The van der Waals surface area contributed by atoms with Gasteiger partial charge in [-0.05, 0) is 6.92 Å². The Kier molecular flexibility index (Phi) is 1.92. The summed E-state index contributed by atoms with van der Waals surface area (Å²) in [5.41, 5.74) is 6.29. The van der Waals surface area contributed by atoms with Crippen molar-refractivity contribution in [2.45, 2.75) is 6.92 Å². The second-order valence-electron chi connectivity index (χ2n) is 2.69. The molecular formula is C10H8NS. The van der Waals surface area contributed by atoms with Gasteiger partial charge in [0.2, 0.25) is 0 Å². The number of aryl methyl sites for hydroxylation is 1. The van der Waals surface area contributed by atoms with Gasteiger partial charge in [0.25, 0.3) is 0 Å². The lowest BCUT2D eigenvalue weighted by Gasteiger charge is -1.95. The number of hydrogen-bond acceptors (Lipinski definition) is 2. The Morgan fingerprint density at radius 2 is 2.00 bits per heavy atom. The van der Waals surface area contributed by atoms with Gasteiger partial charge in [0.1, 0.15) is 0 Å². The van der Waals surface area contributed by atoms with Crippen molar-refractivity contribution in [3.63, 3.8) is 0 Å². The Bertz CT molecular complexity index is 348. The average molecular weight is 174 g/mol. The van der Waals surface area contributed by atoms with Crippen LogP contribution in [-0.2, 0) is 0 Å². The van der Waals surface area contributed by atoms with Crippen LogP contribution in [0.3, 0.4) is 0 Å². The third-order valence-electron chi connectivity index (χ3n) is 1.74. The van der Waals surface area contributed by atoms with Crippen LogP contribution < -0.4 is 0 Å². The average Bonchev–Trinajstić information content (AvgIpc) is 2.58. The molecule has 2 aromatic rings. The molecule has 1 aromatic carbocycles. The van der Waals surface area contributed by atoms with E-state index in [0.717, 1.165) is 11.3 Å². The van der Waals surface area contributed by atoms with E-state index >= 15 is 0 Å². The zero-order valence-electron chi connectivity index (χ0n) is 6.74. The van der Waals surface area contributed by atoms with Crippen LogP contribution in [0.4, 0.5) is 0 Å². The highest BCUT2D eigenvalue weighted by molar-refractivity contribution is 7.07. The van der Waals surface area contributed by atoms with Gasteiger partial charge >= 0.3 is 0 Å². The van der Waals surface area contributed by atoms with Crippen molar-refractivity contribution in [1.29, 1.82) is 0 Å². The van der Waals surface area contributed by atoms with Gasteiger partial charge in [-0.2, -0.15) is 0 Å². The lowest BCUT2D eigenvalue weighted by molar-refractivity contribution is 1.38. The first-order valence-corrected chi connectivity index (χ1v) is 4.63. The lowest BCUT2D eigenvalue weighted by atomic mass is 10.1. The molecule has 0 fully saturated rings. The highest BCUT2D eigenvalue weighted by Gasteiger charge is 1.97. The Labute approximate surface area is 75.7 Å². The van der Waals surface area contributed by atoms with Crippen LogP contribution in [0, 0.1) is 12.4 Å². The van der Waals surface area contributed by atoms with E-state index in [1.165, 1.54) is 16.9 Å². The number of aromatic nitrogens is 1. The summed E-state index contributed by atoms with van der Waals surface area (Å²) in [6.45, 7) is 2.08. The molecule has 0 aliphatic carbocycles. The number of rotatable bonds is 1. The summed E-state index contributed by atoms with van der Waals surface area (Å²) in [7, 11) is 0. The molecule has 0 atom stereocenters. The molecule has 0 amide bonds. The molecule has 0 aliphatic rings. The van der Waals surface area contributed by atoms with Gasteiger partial charge in [-0.25, -0.2) is 4.98 Å². The fourth-order valence-corrected chi connectivity index (χ4v) is 1.55. The normalized spacial score (nSPS) is 10.1. The predicted molar refractivity (Wildman–Crippen MR) is 51.1 cm³/mol. The molecule has 0 aliphatic heterocycles. The largest absolute Gasteiger partial charge is 0.233 e. The molecule has 2 heteroatoms. The van der Waals surface area contributed by atoms with Crippen LogP contribution >= 0.6 is 11.3 Å². The van der Waals surface area contributed by atoms with E-state index in [2.05, 4.69) is 41.7 Å². The molecule has 0 bridgehead atoms. The molecule has 1 radical (unpaired) electrons. The number of nitrogens with zero attached hydrogens (tertiary/aromatic N) is 1. The summed E-state index contributed by atoms with van der Waals surface area (Å²) in [6.07, 6.45) is 0. The van der Waals surface area contributed by atoms with Crippen molar-refractivity contribution in [2.24, 2.45) is 0 Å². The summed E-state index contributed by atoms with van der Waals surface area (Å²) >= 11 is 1.50. The third kappa shape index (κ3) is 1.38. The molecule has 1 heterocycles. The minimum Gasteiger partial charge on any atom is -0.233 e. The van der Waals surface area contributed by atoms with Crippen molar-refractivity contribution in [3.8, 4) is 11.3 Å². The van der Waals surface area contributed by atoms with Crippen LogP contribution in [0.25, 0.3) is 11.3 Å². The molecule has 0 spiro atoms. The van der Waals surface area contributed by atoms with Crippen LogP contribution in [0.2, 0.25) is 0 Å². The number of hydrogen-bond donors (Lipinski definition) is 0. The van der Waals surface area contributed by atoms with Gasteiger partial charge in [-0.3, -0.25) is 0 Å². The summed E-state index contributed by atoms with van der Waals surface area (Å²) in [5, 5.41) is 2.00. The van der Waals surface area contributed by atoms with E-state index in [-0.39, 0.29) is 0 Å². The Morgan fingerprint density at radius 3 is 2.58 bits per heavy atom. The van der Waals surface area contributed by atoms with Gasteiger partial charge in [0.05, 0.1) is 5.69 Å². The van der Waals surface area contributed by atoms with Gasteiger partial charge < -0.3 is 0 Å². The molecule has 2 rings (SSSR count). The fourth-order valence-electron chi connectivity index (χ4n) is 1.04. The second kappa shape index (κ2) is 3.07. The summed E-state index contributed by atoms with van der Waals surface area (Å²) in [4.78, 5) is 4.11. The Balaban J connectivity index is 2.43. The van der Waals surface area contributed by atoms with E-state index < -0.39 is 0 Å². The highest BCUT2D eigenvalue weighted by atomic mass is 32.1. The standard InChI is InChI=1S/C10H8NS/c1-8-2-4-9(5-3-8)10-6-12-7-11-10/h2-6H,1H3. The number of thiazole rings is 1. The monoisotopic (exact) mass is 174 g/mol. The zero-order chi connectivity index (χ0) is 8.39. The van der Waals surface area contributed by atoms with Crippen molar-refractivity contribution in [3.05, 3.63) is 40.7 Å². The predicted octanol–water partition coefficient (Wildman–Crippen LogP) is 2.92. The molecule has 1 nitrogen and oxygen atoms in total. The maximum atomic E-state index is 4.11. The van der Waals surface area contributed by atoms with Crippen molar-refractivity contribution < 1.29 is 0 Å². The summed E-state index contributed by atoms with van der Waals surface area (Å²) < 4.78 is 0. The third-order valence-corrected chi connectivity index (χ3v) is 2.27. The maximum Gasteiger partial charge on any atom is 0.152 e. The smallest absolute Gasteiger partial charge is 0.152 e. The van der Waals surface area contributed by atoms with E-state index in [4.69, 9.17) is 0 Å². The minimum atomic E-state index is 1.01. The molecule has 0 saturated heterocycles. The Morgan fingerprint density at radius 1 is 1.25 bits per heavy atom. The first-order valence-electron chi connectivity index (χ1n) is 3.75. The molecular weight excluding hydrogens is 166 g/mol. The molecule has 0 unspecified atom stereocenters. The van der Waals surface area contributed by atoms with Crippen molar-refractivity contribution >= 4 is 11.3 Å². The van der Waals surface area contributed by atoms with E-state index in [9.17, 15) is 0 Å². The molecule has 0 N–H and O–H groups in total. The van der Waals surface area contributed by atoms with Gasteiger partial charge in [-0.15, -0.1) is 11.3 Å². The van der Waals surface area contributed by atoms with Gasteiger partial charge in [0.15, 0.2) is 5.51 Å². The van der Waals surface area contributed by atoms with Gasteiger partial charge in [0, 0.05) is 10.9 Å². The second-order valence-corrected chi connectivity index (χ2v) is 3.34. The maximum absolute atomic E-state index is 4.11. The van der Waals surface area contributed by atoms with Crippen LogP contribution in [0.5, 0.6) is 0 Å². The summed E-state index contributed by atoms with van der Waals surface area (Å²) in [6, 6.07) is 8.35. The van der Waals surface area contributed by atoms with E-state index in [1.54, 1.807) is 0 Å². The van der Waals surface area contributed by atoms with Crippen LogP contribution in [0.15, 0.2) is 29.6 Å². The zero-order valence-corrected chi connectivity index (χ0v) is 7.56. The lowest BCUT2D eigenvalue weighted by Crippen LogP contribution is -1.76. The quantitative estimate of drug-likeness (QED) is 0.647. The fraction of sp³-hybridized carbons (Fsp3) is 0.100. The Hall–Kier alpha value is -1.15. The minimum absolute atomic E-state index is 1.01. The van der Waals surface area contributed by atoms with Crippen molar-refractivity contribution in [2.75, 3.05) is 0 Å². The summed E-state index contributed by atoms with van der Waals surface area (Å²) in [5.74, 6) is 0. The van der Waals surface area contributed by atoms with Crippen molar-refractivity contribution in [1.82, 2.24) is 4.98 Å².